The van der Waals surface area contributed by atoms with Gasteiger partial charge in [0, 0.05) is 12.0 Å². The molecule has 0 aromatic heterocycles. The Morgan fingerprint density at radius 2 is 1.76 bits per heavy atom. The van der Waals surface area contributed by atoms with E-state index in [0.29, 0.717) is 0 Å². The smallest absolute Gasteiger partial charge is 0.164 e. The van der Waals surface area contributed by atoms with Crippen molar-refractivity contribution in [2.45, 2.75) is 61.3 Å². The first-order valence-electron chi connectivity index (χ1n) is 7.26. The zero-order valence-corrected chi connectivity index (χ0v) is 13.6. The summed E-state index contributed by atoms with van der Waals surface area (Å²) in [6.07, 6.45) is -0.374. The molecule has 2 saturated heterocycles. The molecule has 21 heavy (non-hydrogen) atoms. The highest BCUT2D eigenvalue weighted by Gasteiger charge is 2.54. The Balaban J connectivity index is 1.81. The van der Waals surface area contributed by atoms with E-state index in [4.69, 9.17) is 18.9 Å². The number of fused-ring (bicyclic) bond motifs is 1. The molecular formula is C16H22O4S. The van der Waals surface area contributed by atoms with E-state index in [-0.39, 0.29) is 29.9 Å². The molecule has 4 nitrogen and oxygen atoms in total. The monoisotopic (exact) mass is 310 g/mol. The summed E-state index contributed by atoms with van der Waals surface area (Å²) in [5.74, 6) is -0.602. The van der Waals surface area contributed by atoms with Crippen LogP contribution in [0.15, 0.2) is 35.2 Å². The Morgan fingerprint density at radius 1 is 1.10 bits per heavy atom. The third-order valence-corrected chi connectivity index (χ3v) is 4.99. The standard InChI is InChI=1S/C16H22O4S/c1-10-12(17-4)13-14(20-16(2,3)19-13)15(18-10)21-11-8-6-5-7-9-11/h5-10,12-15H,1-4H3. The Hall–Kier alpha value is -0.590. The molecule has 0 spiro atoms. The number of hydrogen-bond donors (Lipinski definition) is 0. The van der Waals surface area contributed by atoms with Crippen LogP contribution in [-0.2, 0) is 18.9 Å². The molecule has 2 aliphatic rings. The van der Waals surface area contributed by atoms with Gasteiger partial charge in [0.05, 0.1) is 6.10 Å². The minimum absolute atomic E-state index is 0.0324. The van der Waals surface area contributed by atoms with Gasteiger partial charge < -0.3 is 18.9 Å². The van der Waals surface area contributed by atoms with Crippen LogP contribution in [0.2, 0.25) is 0 Å². The van der Waals surface area contributed by atoms with Crippen LogP contribution in [0.5, 0.6) is 0 Å². The minimum atomic E-state index is -0.602. The van der Waals surface area contributed by atoms with Crippen molar-refractivity contribution >= 4 is 11.8 Å². The maximum absolute atomic E-state index is 6.13. The van der Waals surface area contributed by atoms with E-state index in [1.54, 1.807) is 18.9 Å². The van der Waals surface area contributed by atoms with Crippen molar-refractivity contribution in [2.75, 3.05) is 7.11 Å². The first-order valence-corrected chi connectivity index (χ1v) is 8.14. The number of hydrogen-bond acceptors (Lipinski definition) is 5. The topological polar surface area (TPSA) is 36.9 Å². The van der Waals surface area contributed by atoms with E-state index in [1.807, 2.05) is 39.0 Å². The van der Waals surface area contributed by atoms with Crippen LogP contribution in [0.1, 0.15) is 20.8 Å². The van der Waals surface area contributed by atoms with Crippen molar-refractivity contribution in [1.29, 1.82) is 0 Å². The molecule has 0 bridgehead atoms. The van der Waals surface area contributed by atoms with Crippen LogP contribution in [0, 0.1) is 0 Å². The number of benzene rings is 1. The Morgan fingerprint density at radius 3 is 2.43 bits per heavy atom. The lowest BCUT2D eigenvalue weighted by atomic mass is 10.0. The fourth-order valence-corrected chi connectivity index (χ4v) is 4.13. The van der Waals surface area contributed by atoms with Crippen molar-refractivity contribution < 1.29 is 18.9 Å². The molecule has 1 aromatic carbocycles. The van der Waals surface area contributed by atoms with Gasteiger partial charge in [-0.2, -0.15) is 0 Å². The number of ether oxygens (including phenoxy) is 4. The van der Waals surface area contributed by atoms with E-state index in [9.17, 15) is 0 Å². The van der Waals surface area contributed by atoms with Gasteiger partial charge in [0.15, 0.2) is 5.79 Å². The second-order valence-electron chi connectivity index (χ2n) is 5.91. The van der Waals surface area contributed by atoms with Crippen molar-refractivity contribution in [3.8, 4) is 0 Å². The highest BCUT2D eigenvalue weighted by Crippen LogP contribution is 2.43. The molecule has 0 aliphatic carbocycles. The van der Waals surface area contributed by atoms with Crippen LogP contribution in [-0.4, -0.2) is 42.7 Å². The van der Waals surface area contributed by atoms with Crippen molar-refractivity contribution in [1.82, 2.24) is 0 Å². The lowest BCUT2D eigenvalue weighted by Crippen LogP contribution is -2.54. The van der Waals surface area contributed by atoms with Gasteiger partial charge in [-0.3, -0.25) is 0 Å². The molecule has 0 saturated carbocycles. The summed E-state index contributed by atoms with van der Waals surface area (Å²) in [6.45, 7) is 5.90. The third kappa shape index (κ3) is 3.12. The second kappa shape index (κ2) is 5.89. The molecule has 2 aliphatic heterocycles. The lowest BCUT2D eigenvalue weighted by molar-refractivity contribution is -0.169. The van der Waals surface area contributed by atoms with Crippen molar-refractivity contribution in [3.05, 3.63) is 30.3 Å². The molecule has 2 fully saturated rings. The molecule has 5 atom stereocenters. The minimum Gasteiger partial charge on any atom is -0.376 e. The second-order valence-corrected chi connectivity index (χ2v) is 7.08. The van der Waals surface area contributed by atoms with Crippen molar-refractivity contribution in [2.24, 2.45) is 0 Å². The predicted octanol–water partition coefficient (Wildman–Crippen LogP) is 3.06. The quantitative estimate of drug-likeness (QED) is 0.857. The molecule has 2 heterocycles. The first kappa shape index (κ1) is 15.3. The summed E-state index contributed by atoms with van der Waals surface area (Å²) in [5.41, 5.74) is -0.0967. The third-order valence-electron chi connectivity index (χ3n) is 3.83. The molecule has 5 heteroatoms. The summed E-state index contributed by atoms with van der Waals surface area (Å²) in [5, 5.41) is 0. The number of thioether (sulfide) groups is 1. The van der Waals surface area contributed by atoms with Crippen LogP contribution in [0.3, 0.4) is 0 Å². The zero-order chi connectivity index (χ0) is 15.0. The van der Waals surface area contributed by atoms with Crippen LogP contribution >= 0.6 is 11.8 Å². The Kier molecular flexibility index (Phi) is 4.30. The molecular weight excluding hydrogens is 288 g/mol. The van der Waals surface area contributed by atoms with Crippen molar-refractivity contribution in [3.63, 3.8) is 0 Å². The molecule has 5 unspecified atom stereocenters. The number of rotatable bonds is 3. The van der Waals surface area contributed by atoms with Crippen LogP contribution in [0.4, 0.5) is 0 Å². The maximum atomic E-state index is 6.13. The van der Waals surface area contributed by atoms with Gasteiger partial charge in [-0.1, -0.05) is 30.0 Å². The lowest BCUT2D eigenvalue weighted by Gasteiger charge is -2.40. The predicted molar refractivity (Wildman–Crippen MR) is 81.3 cm³/mol. The fraction of sp³-hybridized carbons (Fsp3) is 0.625. The summed E-state index contributed by atoms with van der Waals surface area (Å²) < 4.78 is 23.8. The average Bonchev–Trinajstić information content (AvgIpc) is 2.76. The van der Waals surface area contributed by atoms with E-state index in [2.05, 4.69) is 12.1 Å². The summed E-state index contributed by atoms with van der Waals surface area (Å²) in [7, 11) is 1.70. The average molecular weight is 310 g/mol. The molecule has 0 radical (unpaired) electrons. The van der Waals surface area contributed by atoms with Gasteiger partial charge in [-0.05, 0) is 32.9 Å². The van der Waals surface area contributed by atoms with Crippen LogP contribution in [0.25, 0.3) is 0 Å². The van der Waals surface area contributed by atoms with Crippen LogP contribution < -0.4 is 0 Å². The SMILES string of the molecule is COC1C(C)OC(Sc2ccccc2)C2OC(C)(C)OC12. The maximum Gasteiger partial charge on any atom is 0.164 e. The molecule has 116 valence electrons. The van der Waals surface area contributed by atoms with Gasteiger partial charge >= 0.3 is 0 Å². The Bertz CT molecular complexity index is 478. The summed E-state index contributed by atoms with van der Waals surface area (Å²) in [4.78, 5) is 1.16. The van der Waals surface area contributed by atoms with E-state index in [1.165, 1.54) is 0 Å². The molecule has 3 rings (SSSR count). The molecule has 0 amide bonds. The van der Waals surface area contributed by atoms with Gasteiger partial charge in [0.25, 0.3) is 0 Å². The molecule has 0 N–H and O–H groups in total. The van der Waals surface area contributed by atoms with Gasteiger partial charge in [-0.25, -0.2) is 0 Å². The van der Waals surface area contributed by atoms with E-state index < -0.39 is 5.79 Å². The zero-order valence-electron chi connectivity index (χ0n) is 12.8. The van der Waals surface area contributed by atoms with Gasteiger partial charge in [0.2, 0.25) is 0 Å². The van der Waals surface area contributed by atoms with E-state index >= 15 is 0 Å². The molecule has 1 aromatic rings. The first-order chi connectivity index (χ1) is 10.00. The highest BCUT2D eigenvalue weighted by molar-refractivity contribution is 7.99. The number of methoxy groups -OCH3 is 1. The largest absolute Gasteiger partial charge is 0.376 e. The Labute approximate surface area is 130 Å². The normalized spacial score (nSPS) is 38.2. The summed E-state index contributed by atoms with van der Waals surface area (Å²) >= 11 is 1.68. The fourth-order valence-electron chi connectivity index (χ4n) is 2.97. The van der Waals surface area contributed by atoms with Gasteiger partial charge in [0.1, 0.15) is 23.7 Å². The summed E-state index contributed by atoms with van der Waals surface area (Å²) in [6, 6.07) is 10.2. The van der Waals surface area contributed by atoms with E-state index in [0.717, 1.165) is 4.90 Å². The highest BCUT2D eigenvalue weighted by atomic mass is 32.2. The van der Waals surface area contributed by atoms with Gasteiger partial charge in [-0.15, -0.1) is 0 Å².